The van der Waals surface area contributed by atoms with Crippen LogP contribution < -0.4 is 5.32 Å². The molecule has 150 valence electrons. The van der Waals surface area contributed by atoms with E-state index in [0.29, 0.717) is 17.6 Å². The lowest BCUT2D eigenvalue weighted by Gasteiger charge is -2.37. The van der Waals surface area contributed by atoms with E-state index >= 15 is 0 Å². The average molecular weight is 408 g/mol. The highest BCUT2D eigenvalue weighted by atomic mass is 32.1. The molecule has 0 saturated heterocycles. The van der Waals surface area contributed by atoms with Crippen LogP contribution in [0.4, 0.5) is 9.93 Å². The molecule has 1 saturated carbocycles. The van der Waals surface area contributed by atoms with Gasteiger partial charge in [0.05, 0.1) is 6.04 Å². The standard InChI is InChI=1S/C22H25N5OS/c28-22(23-21-25-24-20(29-21)17-10-5-2-6-11-17)27-15-14-26-13-7-12-18(26)19(27)16-8-3-1-4-9-16/h1,3-4,7-9,12-13,17,19H,2,5-6,10-11,14-15H2,(H,23,25,28). The second-order valence-corrected chi connectivity index (χ2v) is 8.85. The number of nitrogens with one attached hydrogen (secondary N) is 1. The molecule has 1 atom stereocenters. The predicted molar refractivity (Wildman–Crippen MR) is 114 cm³/mol. The van der Waals surface area contributed by atoms with E-state index in [1.807, 2.05) is 29.2 Å². The van der Waals surface area contributed by atoms with Crippen molar-refractivity contribution < 1.29 is 4.79 Å². The number of fused-ring (bicyclic) bond motifs is 1. The maximum atomic E-state index is 13.2. The van der Waals surface area contributed by atoms with Crippen molar-refractivity contribution in [2.45, 2.75) is 50.6 Å². The molecule has 1 N–H and O–H groups in total. The zero-order valence-electron chi connectivity index (χ0n) is 16.3. The first-order valence-electron chi connectivity index (χ1n) is 10.4. The summed E-state index contributed by atoms with van der Waals surface area (Å²) in [4.78, 5) is 15.1. The van der Waals surface area contributed by atoms with Gasteiger partial charge in [-0.2, -0.15) is 0 Å². The van der Waals surface area contributed by atoms with Gasteiger partial charge >= 0.3 is 6.03 Å². The molecule has 6 nitrogen and oxygen atoms in total. The van der Waals surface area contributed by atoms with Gasteiger partial charge in [0.2, 0.25) is 5.13 Å². The summed E-state index contributed by atoms with van der Waals surface area (Å²) < 4.78 is 2.23. The molecular formula is C22H25N5OS. The summed E-state index contributed by atoms with van der Waals surface area (Å²) in [5.74, 6) is 0.502. The number of carbonyl (C=O) groups is 1. The molecule has 0 spiro atoms. The lowest BCUT2D eigenvalue weighted by molar-refractivity contribution is 0.182. The Morgan fingerprint density at radius 1 is 1.00 bits per heavy atom. The van der Waals surface area contributed by atoms with E-state index in [2.05, 4.69) is 44.5 Å². The molecule has 5 rings (SSSR count). The third kappa shape index (κ3) is 3.67. The van der Waals surface area contributed by atoms with Crippen molar-refractivity contribution >= 4 is 22.5 Å². The molecule has 1 aliphatic heterocycles. The van der Waals surface area contributed by atoms with Crippen LogP contribution in [-0.2, 0) is 6.54 Å². The molecule has 1 aliphatic carbocycles. The summed E-state index contributed by atoms with van der Waals surface area (Å²) in [7, 11) is 0. The van der Waals surface area contributed by atoms with Crippen molar-refractivity contribution in [1.82, 2.24) is 19.7 Å². The Kier molecular flexibility index (Phi) is 5.06. The van der Waals surface area contributed by atoms with E-state index in [-0.39, 0.29) is 12.1 Å². The Morgan fingerprint density at radius 3 is 2.66 bits per heavy atom. The van der Waals surface area contributed by atoms with Crippen molar-refractivity contribution in [3.63, 3.8) is 0 Å². The summed E-state index contributed by atoms with van der Waals surface area (Å²) in [6.07, 6.45) is 8.29. The molecule has 2 amide bonds. The zero-order valence-corrected chi connectivity index (χ0v) is 17.1. The largest absolute Gasteiger partial charge is 0.348 e. The Bertz CT molecular complexity index is 976. The first-order chi connectivity index (χ1) is 14.3. The minimum absolute atomic E-state index is 0.106. The predicted octanol–water partition coefficient (Wildman–Crippen LogP) is 5.02. The Balaban J connectivity index is 1.37. The number of aromatic nitrogens is 3. The van der Waals surface area contributed by atoms with Crippen LogP contribution in [0.2, 0.25) is 0 Å². The first kappa shape index (κ1) is 18.4. The highest BCUT2D eigenvalue weighted by Crippen LogP contribution is 2.36. The van der Waals surface area contributed by atoms with Crippen molar-refractivity contribution in [3.05, 3.63) is 64.9 Å². The molecule has 0 bridgehead atoms. The van der Waals surface area contributed by atoms with Crippen LogP contribution in [0.3, 0.4) is 0 Å². The fraction of sp³-hybridized carbons (Fsp3) is 0.409. The second kappa shape index (κ2) is 7.99. The van der Waals surface area contributed by atoms with Crippen LogP contribution in [-0.4, -0.2) is 32.2 Å². The average Bonchev–Trinajstić information content (AvgIpc) is 3.43. The number of amides is 2. The van der Waals surface area contributed by atoms with Crippen LogP contribution in [0, 0.1) is 0 Å². The third-order valence-electron chi connectivity index (χ3n) is 6.02. The number of hydrogen-bond acceptors (Lipinski definition) is 4. The zero-order chi connectivity index (χ0) is 19.6. The topological polar surface area (TPSA) is 63.1 Å². The van der Waals surface area contributed by atoms with E-state index in [1.54, 1.807) is 0 Å². The molecule has 2 aliphatic rings. The monoisotopic (exact) mass is 407 g/mol. The number of hydrogen-bond donors (Lipinski definition) is 1. The van der Waals surface area contributed by atoms with Gasteiger partial charge in [0.1, 0.15) is 5.01 Å². The van der Waals surface area contributed by atoms with Crippen molar-refractivity contribution in [3.8, 4) is 0 Å². The molecule has 2 aromatic heterocycles. The number of anilines is 1. The number of nitrogens with zero attached hydrogens (tertiary/aromatic N) is 4. The van der Waals surface area contributed by atoms with Gasteiger partial charge in [-0.1, -0.05) is 60.9 Å². The van der Waals surface area contributed by atoms with Gasteiger partial charge in [-0.25, -0.2) is 4.79 Å². The first-order valence-corrected chi connectivity index (χ1v) is 11.2. The molecule has 3 aromatic rings. The van der Waals surface area contributed by atoms with Gasteiger partial charge in [-0.05, 0) is 30.5 Å². The van der Waals surface area contributed by atoms with Crippen LogP contribution in [0.1, 0.15) is 60.3 Å². The summed E-state index contributed by atoms with van der Waals surface area (Å²) in [6, 6.07) is 14.1. The normalized spacial score (nSPS) is 19.7. The minimum atomic E-state index is -0.113. The highest BCUT2D eigenvalue weighted by Gasteiger charge is 2.32. The lowest BCUT2D eigenvalue weighted by atomic mass is 9.90. The van der Waals surface area contributed by atoms with Crippen LogP contribution >= 0.6 is 11.3 Å². The van der Waals surface area contributed by atoms with Gasteiger partial charge in [0.15, 0.2) is 0 Å². The van der Waals surface area contributed by atoms with Gasteiger partial charge < -0.3 is 9.47 Å². The smallest absolute Gasteiger partial charge is 0.324 e. The van der Waals surface area contributed by atoms with Crippen molar-refractivity contribution in [2.24, 2.45) is 0 Å². The quantitative estimate of drug-likeness (QED) is 0.663. The van der Waals surface area contributed by atoms with E-state index in [9.17, 15) is 4.79 Å². The van der Waals surface area contributed by atoms with Gasteiger partial charge in [-0.15, -0.1) is 10.2 Å². The summed E-state index contributed by atoms with van der Waals surface area (Å²) in [5, 5.41) is 13.3. The Morgan fingerprint density at radius 2 is 1.83 bits per heavy atom. The third-order valence-corrected chi connectivity index (χ3v) is 7.02. The van der Waals surface area contributed by atoms with Gasteiger partial charge in [0, 0.05) is 30.9 Å². The fourth-order valence-electron chi connectivity index (χ4n) is 4.55. The van der Waals surface area contributed by atoms with E-state index < -0.39 is 0 Å². The Hall–Kier alpha value is -2.67. The highest BCUT2D eigenvalue weighted by molar-refractivity contribution is 7.15. The summed E-state index contributed by atoms with van der Waals surface area (Å²) >= 11 is 1.53. The van der Waals surface area contributed by atoms with Gasteiger partial charge in [-0.3, -0.25) is 5.32 Å². The van der Waals surface area contributed by atoms with Crippen LogP contribution in [0.15, 0.2) is 48.7 Å². The fourth-order valence-corrected chi connectivity index (χ4v) is 5.45. The maximum absolute atomic E-state index is 13.2. The number of carbonyl (C=O) groups excluding carboxylic acids is 1. The molecule has 1 unspecified atom stereocenters. The molecule has 3 heterocycles. The lowest BCUT2D eigenvalue weighted by Crippen LogP contribution is -2.44. The molecule has 29 heavy (non-hydrogen) atoms. The van der Waals surface area contributed by atoms with Crippen molar-refractivity contribution in [1.29, 1.82) is 0 Å². The van der Waals surface area contributed by atoms with Crippen LogP contribution in [0.25, 0.3) is 0 Å². The molecule has 1 fully saturated rings. The number of rotatable bonds is 3. The molecule has 1 aromatic carbocycles. The molecule has 0 radical (unpaired) electrons. The molecular weight excluding hydrogens is 382 g/mol. The number of urea groups is 1. The molecule has 7 heteroatoms. The van der Waals surface area contributed by atoms with E-state index in [0.717, 1.165) is 22.8 Å². The Labute approximate surface area is 174 Å². The van der Waals surface area contributed by atoms with Crippen molar-refractivity contribution in [2.75, 3.05) is 11.9 Å². The van der Waals surface area contributed by atoms with E-state index in [4.69, 9.17) is 0 Å². The summed E-state index contributed by atoms with van der Waals surface area (Å²) in [5.41, 5.74) is 2.25. The SMILES string of the molecule is O=C(Nc1nnc(C2CCCCC2)s1)N1CCn2cccc2C1c1ccccc1. The van der Waals surface area contributed by atoms with Crippen LogP contribution in [0.5, 0.6) is 0 Å². The van der Waals surface area contributed by atoms with E-state index in [1.165, 1.54) is 43.4 Å². The summed E-state index contributed by atoms with van der Waals surface area (Å²) in [6.45, 7) is 1.45. The number of benzene rings is 1. The van der Waals surface area contributed by atoms with Gasteiger partial charge in [0.25, 0.3) is 0 Å². The maximum Gasteiger partial charge on any atom is 0.324 e. The minimum Gasteiger partial charge on any atom is -0.348 e. The second-order valence-electron chi connectivity index (χ2n) is 7.84.